The van der Waals surface area contributed by atoms with Crippen LogP contribution in [0.1, 0.15) is 110 Å². The lowest BCUT2D eigenvalue weighted by Crippen LogP contribution is -2.59. The average Bonchev–Trinajstić information content (AvgIpc) is 1.79. The molecular weight excluding hydrogens is 1600 g/mol. The highest BCUT2D eigenvalue weighted by molar-refractivity contribution is 8.77. The van der Waals surface area contributed by atoms with E-state index in [2.05, 4.69) is 75.1 Å². The Labute approximate surface area is 694 Å². The zero-order chi connectivity index (χ0) is 85.9. The van der Waals surface area contributed by atoms with Crippen LogP contribution < -0.4 is 64.6 Å². The van der Waals surface area contributed by atoms with Crippen molar-refractivity contribution in [3.05, 3.63) is 72.1 Å². The van der Waals surface area contributed by atoms with E-state index in [1.54, 1.807) is 12.4 Å². The number of aromatic amines is 2. The van der Waals surface area contributed by atoms with E-state index in [9.17, 15) is 86.9 Å². The van der Waals surface area contributed by atoms with Gasteiger partial charge >= 0.3 is 11.9 Å². The number of carboxylic acids is 2. The summed E-state index contributed by atoms with van der Waals surface area (Å²) in [5, 5.41) is 46.2. The molecule has 2 aromatic carbocycles. The minimum absolute atomic E-state index is 0.00734. The summed E-state index contributed by atoms with van der Waals surface area (Å²) in [4.78, 5) is 220. The highest BCUT2D eigenvalue weighted by Crippen LogP contribution is 2.26. The Morgan fingerprint density at radius 3 is 1.32 bits per heavy atom. The standard InChI is InChI=1S/C39H57N9O10S2.C37H55N9O9S2/c1-24-39(57)47(13-11-26-21-41-28-9-5-4-8-27(26)28)25(2)36(54)46-31(35(40)53)23-60-59-19-12-32(49)44-29(10-6-7-14-48(3)15-17-58-18-16-48)37(55)42-22-33(50)45-30(20-34(51)52)38(56)43-24;1-5-45(4)15-9-8-12-27-35(53)40-20-31(48)43-28(18-32(49)50)36(54)41-22(2)37(55)46(16-13-24-19-39-26-11-7-6-10-25(24)26)23(3)34(52)44-29(33(38)51)21-57-56-17-14-30(47)42-27/h4-5,8-9,21,24-25,29-31,41H,6-7,10-20,22-23H2,1-3H3,(H7-,40,42,43,44,45,46,49,50,51,52,53,54,55,56);6-7,10-11,19,22-23,27-29,39H,5,8-9,12-18,20-21H2,1-4H3,(H2,38,51)(H,40,53)(H,41,54)(H,42,47)(H,43,48)(H,44,52)(H,49,50)/p+1/t24-,25-,29?,30-,31-;22-,23-,27?,28-,29-/m00/s1. The Balaban J connectivity index is 0.000000364. The van der Waals surface area contributed by atoms with Crippen molar-refractivity contribution in [2.75, 3.05) is 109 Å². The second-order valence-corrected chi connectivity index (χ2v) is 34.4. The van der Waals surface area contributed by atoms with E-state index in [0.29, 0.717) is 50.4 Å². The van der Waals surface area contributed by atoms with Crippen LogP contribution in [0, 0.1) is 0 Å². The molecule has 7 rings (SSSR count). The maximum Gasteiger partial charge on any atom is 0.305 e. The number of fused-ring (bicyclic) bond motifs is 2. The number of unbranched alkanes of at least 4 members (excludes halogenated alkanes) is 2. The van der Waals surface area contributed by atoms with Gasteiger partial charge in [0.2, 0.25) is 82.7 Å². The number of quaternary nitrogens is 1. The van der Waals surface area contributed by atoms with Crippen LogP contribution in [0.3, 0.4) is 0 Å². The van der Waals surface area contributed by atoms with E-state index in [1.807, 2.05) is 62.5 Å². The van der Waals surface area contributed by atoms with Gasteiger partial charge in [0.05, 0.1) is 52.7 Å². The van der Waals surface area contributed by atoms with Crippen molar-refractivity contribution >= 4 is 160 Å². The van der Waals surface area contributed by atoms with Gasteiger partial charge in [-0.2, -0.15) is 0 Å². The topological polar surface area (TPSA) is 536 Å². The first-order valence-electron chi connectivity index (χ1n) is 38.9. The summed E-state index contributed by atoms with van der Waals surface area (Å²) < 4.78 is 6.31. The lowest BCUT2D eigenvalue weighted by Gasteiger charge is -2.37. The first-order chi connectivity index (χ1) is 55.7. The highest BCUT2D eigenvalue weighted by Gasteiger charge is 2.38. The summed E-state index contributed by atoms with van der Waals surface area (Å²) in [6, 6.07) is 2.65. The van der Waals surface area contributed by atoms with Gasteiger partial charge in [0.1, 0.15) is 73.5 Å². The number of aliphatic carboxylic acids is 2. The summed E-state index contributed by atoms with van der Waals surface area (Å²) in [7, 11) is 9.07. The van der Waals surface area contributed by atoms with E-state index in [0.717, 1.165) is 83.0 Å². The summed E-state index contributed by atoms with van der Waals surface area (Å²) in [5.74, 6) is -12.4. The predicted molar refractivity (Wildman–Crippen MR) is 444 cm³/mol. The zero-order valence-electron chi connectivity index (χ0n) is 67.1. The number of H-pyrrole nitrogens is 2. The molecule has 0 aliphatic carbocycles. The van der Waals surface area contributed by atoms with Crippen LogP contribution in [-0.4, -0.2) is 304 Å². The molecule has 41 heteroatoms. The van der Waals surface area contributed by atoms with Crippen LogP contribution in [0.25, 0.3) is 21.8 Å². The third-order valence-electron chi connectivity index (χ3n) is 20.1. The number of ether oxygens (including phenoxy) is 1. The number of rotatable bonds is 23. The number of nitrogens with two attached hydrogens (primary N) is 2. The fourth-order valence-electron chi connectivity index (χ4n) is 12.9. The number of benzene rings is 2. The van der Waals surface area contributed by atoms with Gasteiger partial charge in [0.25, 0.3) is 0 Å². The first-order valence-corrected chi connectivity index (χ1v) is 43.9. The van der Waals surface area contributed by atoms with Gasteiger partial charge in [-0.25, -0.2) is 0 Å². The van der Waals surface area contributed by atoms with Crippen LogP contribution in [-0.2, 0) is 94.3 Å². The largest absolute Gasteiger partial charge is 0.481 e. The number of nitrogens with zero attached hydrogens (tertiary/aromatic N) is 4. The van der Waals surface area contributed by atoms with Crippen molar-refractivity contribution in [3.8, 4) is 0 Å². The first kappa shape index (κ1) is 96.2. The van der Waals surface area contributed by atoms with Gasteiger partial charge < -0.3 is 109 Å². The van der Waals surface area contributed by atoms with Gasteiger partial charge in [-0.05, 0) is 122 Å². The number of amides is 14. The third-order valence-corrected chi connectivity index (χ3v) is 24.9. The number of nitrogens with one attached hydrogen (secondary N) is 12. The van der Waals surface area contributed by atoms with Crippen LogP contribution >= 0.6 is 43.2 Å². The minimum atomic E-state index is -1.64. The molecule has 18 N–H and O–H groups in total. The van der Waals surface area contributed by atoms with Crippen molar-refractivity contribution in [1.82, 2.24) is 77.8 Å². The zero-order valence-corrected chi connectivity index (χ0v) is 70.3. The van der Waals surface area contributed by atoms with E-state index in [4.69, 9.17) is 16.2 Å². The predicted octanol–water partition coefficient (Wildman–Crippen LogP) is -0.735. The maximum atomic E-state index is 14.1. The second-order valence-electron chi connectivity index (χ2n) is 29.1. The van der Waals surface area contributed by atoms with Crippen LogP contribution in [0.2, 0.25) is 0 Å². The Bertz CT molecular complexity index is 4110. The molecule has 0 saturated carbocycles. The molecule has 2 aromatic heterocycles. The lowest BCUT2D eigenvalue weighted by atomic mass is 10.1. The van der Waals surface area contributed by atoms with E-state index in [1.165, 1.54) is 80.7 Å². The van der Waals surface area contributed by atoms with Crippen molar-refractivity contribution < 1.29 is 96.1 Å². The average molecular weight is 1710 g/mol. The number of likely N-dealkylation sites (N-methyl/N-ethyl adjacent to an activating group) is 1. The summed E-state index contributed by atoms with van der Waals surface area (Å²) in [6.07, 6.45) is 5.81. The lowest BCUT2D eigenvalue weighted by molar-refractivity contribution is -0.917. The number of para-hydroxylation sites is 2. The van der Waals surface area contributed by atoms with Crippen LogP contribution in [0.15, 0.2) is 60.9 Å². The Kier molecular flexibility index (Phi) is 40.2. The number of morpholine rings is 1. The van der Waals surface area contributed by atoms with Crippen LogP contribution in [0.5, 0.6) is 0 Å². The van der Waals surface area contributed by atoms with E-state index in [-0.39, 0.29) is 50.3 Å². The SMILES string of the molecule is CCN(C)CCCCC1NC(=O)CCSSC[C@@H](C(N)=O)NC(=O)[C@H](C)N(CCc2c[nH]c3ccccc23)C(=O)[C@H](C)NC(=O)[C@H](CC(=O)O)NC(=O)CNC1=O.C[C@@H]1NC(=O)[C@H](CC(=O)O)NC(=O)CNC(=O)C(CCCC[N+]2(C)CCOCC2)NC(=O)CCSSC[C@@H](C(N)=O)NC(=O)[C@H](C)N(CCc2c[nH]c3ccccc23)C1=O. The Morgan fingerprint density at radius 1 is 0.521 bits per heavy atom. The quantitative estimate of drug-likeness (QED) is 0.0247. The highest BCUT2D eigenvalue weighted by atomic mass is 33.1. The van der Waals surface area contributed by atoms with Crippen LogP contribution in [0.4, 0.5) is 0 Å². The molecule has 3 fully saturated rings. The monoisotopic (exact) mass is 1710 g/mol. The van der Waals surface area contributed by atoms with E-state index >= 15 is 0 Å². The number of hydrogen-bond acceptors (Lipinski definition) is 22. The smallest absolute Gasteiger partial charge is 0.305 e. The van der Waals surface area contributed by atoms with Gasteiger partial charge in [0, 0.05) is 83.1 Å². The second kappa shape index (κ2) is 48.9. The molecule has 4 aromatic rings. The molecule has 0 spiro atoms. The van der Waals surface area contributed by atoms with Gasteiger partial charge in [0.15, 0.2) is 0 Å². The molecule has 10 atom stereocenters. The molecule has 0 radical (unpaired) electrons. The summed E-state index contributed by atoms with van der Waals surface area (Å²) in [6.45, 7) is 12.0. The molecule has 2 unspecified atom stereocenters. The molecule has 0 bridgehead atoms. The fraction of sp³-hybridized carbons (Fsp3) is 0.579. The summed E-state index contributed by atoms with van der Waals surface area (Å²) in [5.41, 5.74) is 14.8. The molecule has 644 valence electrons. The van der Waals surface area contributed by atoms with Gasteiger partial charge in [-0.3, -0.25) is 76.7 Å². The van der Waals surface area contributed by atoms with Crippen molar-refractivity contribution in [1.29, 1.82) is 0 Å². The molecule has 14 amide bonds. The van der Waals surface area contributed by atoms with Gasteiger partial charge in [-0.1, -0.05) is 86.5 Å². The molecular formula is C76H113N18O19S4+. The molecule has 5 heterocycles. The number of carboxylic acid groups (broad SMARTS) is 2. The Morgan fingerprint density at radius 2 is 0.923 bits per heavy atom. The molecule has 3 saturated heterocycles. The summed E-state index contributed by atoms with van der Waals surface area (Å²) >= 11 is 0. The van der Waals surface area contributed by atoms with E-state index < -0.39 is 181 Å². The number of carbonyl (C=O) groups excluding carboxylic acids is 14. The van der Waals surface area contributed by atoms with Crippen molar-refractivity contribution in [3.63, 3.8) is 0 Å². The number of aromatic nitrogens is 2. The fourth-order valence-corrected chi connectivity index (χ4v) is 17.3. The van der Waals surface area contributed by atoms with Crippen molar-refractivity contribution in [2.24, 2.45) is 11.5 Å². The van der Waals surface area contributed by atoms with Crippen molar-refractivity contribution in [2.45, 2.75) is 172 Å². The molecule has 117 heavy (non-hydrogen) atoms. The van der Waals surface area contributed by atoms with Gasteiger partial charge in [-0.15, -0.1) is 0 Å². The number of hydrogen-bond donors (Lipinski definition) is 16. The number of carbonyl (C=O) groups is 16. The molecule has 3 aliphatic heterocycles. The maximum absolute atomic E-state index is 14.1. The molecule has 37 nitrogen and oxygen atoms in total. The molecule has 3 aliphatic rings. The Hall–Kier alpha value is -9.68. The minimum Gasteiger partial charge on any atom is -0.481 e. The normalized spacial score (nSPS) is 23.9. The number of primary amides is 2. The third kappa shape index (κ3) is 32.3.